The highest BCUT2D eigenvalue weighted by Crippen LogP contribution is 2.31. The van der Waals surface area contributed by atoms with E-state index in [4.69, 9.17) is 0 Å². The number of carbonyl (C=O) groups excluding carboxylic acids is 2. The number of carbonyl (C=O) groups is 2. The van der Waals surface area contributed by atoms with Gasteiger partial charge in [-0.3, -0.25) is 9.59 Å². The molecule has 0 aliphatic rings. The highest BCUT2D eigenvalue weighted by Gasteiger charge is 2.31. The maximum atomic E-state index is 13.5. The lowest BCUT2D eigenvalue weighted by Crippen LogP contribution is -2.35. The number of rotatable bonds is 3. The Morgan fingerprint density at radius 2 is 1.96 bits per heavy atom. The van der Waals surface area contributed by atoms with E-state index < -0.39 is 35.1 Å². The lowest BCUT2D eigenvalue weighted by molar-refractivity contribution is -0.137. The molecule has 23 heavy (non-hydrogen) atoms. The van der Waals surface area contributed by atoms with Crippen molar-refractivity contribution in [3.05, 3.63) is 46.2 Å². The molecule has 0 atom stereocenters. The third kappa shape index (κ3) is 4.49. The predicted molar refractivity (Wildman–Crippen MR) is 74.0 cm³/mol. The first-order valence-corrected chi connectivity index (χ1v) is 7.04. The summed E-state index contributed by atoms with van der Waals surface area (Å²) in [4.78, 5) is 27.0. The van der Waals surface area contributed by atoms with Gasteiger partial charge in [-0.25, -0.2) is 9.37 Å². The molecule has 0 bridgehead atoms. The quantitative estimate of drug-likeness (QED) is 0.662. The van der Waals surface area contributed by atoms with Gasteiger partial charge in [0.2, 0.25) is 0 Å². The van der Waals surface area contributed by atoms with Gasteiger partial charge in [0.1, 0.15) is 5.82 Å². The van der Waals surface area contributed by atoms with Gasteiger partial charge in [0.05, 0.1) is 29.0 Å². The zero-order chi connectivity index (χ0) is 17.0. The van der Waals surface area contributed by atoms with Crippen molar-refractivity contribution in [2.75, 3.05) is 5.32 Å². The molecule has 0 saturated carbocycles. The molecule has 1 aromatic carbocycles. The monoisotopic (exact) mass is 347 g/mol. The molecule has 0 unspecified atom stereocenters. The Hall–Kier alpha value is -2.49. The molecule has 0 radical (unpaired) electrons. The minimum absolute atomic E-state index is 0.0270. The van der Waals surface area contributed by atoms with Gasteiger partial charge in [-0.05, 0) is 18.2 Å². The van der Waals surface area contributed by atoms with Gasteiger partial charge in [-0.2, -0.15) is 13.2 Å². The number of halogens is 4. The van der Waals surface area contributed by atoms with Gasteiger partial charge < -0.3 is 10.6 Å². The number of anilines is 1. The number of thiazole rings is 1. The van der Waals surface area contributed by atoms with E-state index in [-0.39, 0.29) is 6.54 Å². The Morgan fingerprint density at radius 1 is 1.22 bits per heavy atom. The van der Waals surface area contributed by atoms with E-state index in [0.29, 0.717) is 23.9 Å². The minimum Gasteiger partial charge on any atom is -0.342 e. The molecule has 0 fully saturated rings. The van der Waals surface area contributed by atoms with E-state index >= 15 is 0 Å². The zero-order valence-corrected chi connectivity index (χ0v) is 12.1. The Labute approximate surface area is 131 Å². The Kier molecular flexibility index (Phi) is 4.94. The third-order valence-electron chi connectivity index (χ3n) is 2.66. The van der Waals surface area contributed by atoms with Crippen LogP contribution in [0.25, 0.3) is 0 Å². The van der Waals surface area contributed by atoms with Gasteiger partial charge in [0, 0.05) is 5.38 Å². The first-order chi connectivity index (χ1) is 10.8. The van der Waals surface area contributed by atoms with Crippen molar-refractivity contribution in [2.24, 2.45) is 0 Å². The predicted octanol–water partition coefficient (Wildman–Crippen LogP) is 2.56. The summed E-state index contributed by atoms with van der Waals surface area (Å²) in [5.74, 6) is -3.48. The second-order valence-electron chi connectivity index (χ2n) is 4.31. The van der Waals surface area contributed by atoms with Crippen LogP contribution < -0.4 is 10.6 Å². The van der Waals surface area contributed by atoms with E-state index in [1.54, 1.807) is 5.38 Å². The highest BCUT2D eigenvalue weighted by atomic mass is 32.1. The molecule has 5 nitrogen and oxygen atoms in total. The molecule has 1 heterocycles. The summed E-state index contributed by atoms with van der Waals surface area (Å²) in [5.41, 5.74) is 0.173. The van der Waals surface area contributed by atoms with Crippen LogP contribution >= 0.6 is 11.3 Å². The molecular formula is C13H9F4N3O2S. The van der Waals surface area contributed by atoms with Crippen LogP contribution in [-0.4, -0.2) is 16.8 Å². The summed E-state index contributed by atoms with van der Waals surface area (Å²) in [7, 11) is 0. The van der Waals surface area contributed by atoms with Crippen LogP contribution in [0.5, 0.6) is 0 Å². The molecule has 122 valence electrons. The Bertz CT molecular complexity index is 717. The summed E-state index contributed by atoms with van der Waals surface area (Å²) < 4.78 is 51.1. The molecule has 2 N–H and O–H groups in total. The Balaban J connectivity index is 2.03. The van der Waals surface area contributed by atoms with Crippen LogP contribution in [0.15, 0.2) is 29.1 Å². The summed E-state index contributed by atoms with van der Waals surface area (Å²) in [6.45, 7) is -0.0270. The fraction of sp³-hybridized carbons (Fsp3) is 0.154. The maximum Gasteiger partial charge on any atom is 0.416 e. The molecule has 0 spiro atoms. The summed E-state index contributed by atoms with van der Waals surface area (Å²) in [6.07, 6.45) is -4.69. The van der Waals surface area contributed by atoms with Crippen LogP contribution in [-0.2, 0) is 22.3 Å². The van der Waals surface area contributed by atoms with Gasteiger partial charge in [-0.1, -0.05) is 0 Å². The molecule has 10 heteroatoms. The summed E-state index contributed by atoms with van der Waals surface area (Å²) in [6, 6.07) is 1.51. The normalized spacial score (nSPS) is 11.1. The van der Waals surface area contributed by atoms with Crippen molar-refractivity contribution in [3.63, 3.8) is 0 Å². The SMILES string of the molecule is O=C(NCc1cscn1)C(=O)Nc1cc(C(F)(F)F)ccc1F. The van der Waals surface area contributed by atoms with Crippen LogP contribution in [0.2, 0.25) is 0 Å². The second kappa shape index (κ2) is 6.73. The molecule has 2 rings (SSSR count). The van der Waals surface area contributed by atoms with E-state index in [1.165, 1.54) is 16.8 Å². The van der Waals surface area contributed by atoms with E-state index in [0.717, 1.165) is 0 Å². The van der Waals surface area contributed by atoms with E-state index in [9.17, 15) is 27.2 Å². The zero-order valence-electron chi connectivity index (χ0n) is 11.3. The highest BCUT2D eigenvalue weighted by molar-refractivity contribution is 7.07. The number of benzene rings is 1. The van der Waals surface area contributed by atoms with Gasteiger partial charge in [-0.15, -0.1) is 11.3 Å². The number of hydrogen-bond acceptors (Lipinski definition) is 4. The van der Waals surface area contributed by atoms with Crippen molar-refractivity contribution in [1.82, 2.24) is 10.3 Å². The molecule has 1 aromatic heterocycles. The van der Waals surface area contributed by atoms with Gasteiger partial charge in [0.25, 0.3) is 0 Å². The van der Waals surface area contributed by atoms with Crippen LogP contribution in [0.1, 0.15) is 11.3 Å². The maximum absolute atomic E-state index is 13.5. The first kappa shape index (κ1) is 16.9. The van der Waals surface area contributed by atoms with E-state index in [2.05, 4.69) is 10.3 Å². The summed E-state index contributed by atoms with van der Waals surface area (Å²) >= 11 is 1.29. The van der Waals surface area contributed by atoms with Crippen LogP contribution in [0.3, 0.4) is 0 Å². The minimum atomic E-state index is -4.69. The average Bonchev–Trinajstić information content (AvgIpc) is 2.99. The van der Waals surface area contributed by atoms with Crippen molar-refractivity contribution < 1.29 is 27.2 Å². The van der Waals surface area contributed by atoms with Crippen molar-refractivity contribution in [2.45, 2.75) is 12.7 Å². The molecule has 0 saturated heterocycles. The van der Waals surface area contributed by atoms with Crippen molar-refractivity contribution >= 4 is 28.8 Å². The first-order valence-electron chi connectivity index (χ1n) is 6.10. The third-order valence-corrected chi connectivity index (χ3v) is 3.30. The number of amides is 2. The van der Waals surface area contributed by atoms with Crippen LogP contribution in [0, 0.1) is 5.82 Å². The Morgan fingerprint density at radius 3 is 2.57 bits per heavy atom. The smallest absolute Gasteiger partial charge is 0.342 e. The van der Waals surface area contributed by atoms with E-state index in [1.807, 2.05) is 5.32 Å². The number of nitrogens with one attached hydrogen (secondary N) is 2. The average molecular weight is 347 g/mol. The lowest BCUT2D eigenvalue weighted by atomic mass is 10.2. The van der Waals surface area contributed by atoms with Crippen molar-refractivity contribution in [1.29, 1.82) is 0 Å². The number of aromatic nitrogens is 1. The van der Waals surface area contributed by atoms with Crippen LogP contribution in [0.4, 0.5) is 23.2 Å². The van der Waals surface area contributed by atoms with Gasteiger partial charge in [0.15, 0.2) is 0 Å². The molecule has 0 aliphatic carbocycles. The molecule has 2 amide bonds. The fourth-order valence-corrected chi connectivity index (χ4v) is 2.11. The lowest BCUT2D eigenvalue weighted by Gasteiger charge is -2.10. The number of nitrogens with zero attached hydrogens (tertiary/aromatic N) is 1. The standard InChI is InChI=1S/C13H9F4N3O2S/c14-9-2-1-7(13(15,16)17)3-10(9)20-12(22)11(21)18-4-8-5-23-6-19-8/h1-3,5-6H,4H2,(H,18,21)(H,20,22). The largest absolute Gasteiger partial charge is 0.416 e. The molecule has 2 aromatic rings. The molecule has 0 aliphatic heterocycles. The second-order valence-corrected chi connectivity index (χ2v) is 5.03. The molecular weight excluding hydrogens is 338 g/mol. The van der Waals surface area contributed by atoms with Crippen molar-refractivity contribution in [3.8, 4) is 0 Å². The topological polar surface area (TPSA) is 71.1 Å². The fourth-order valence-electron chi connectivity index (χ4n) is 1.55. The summed E-state index contributed by atoms with van der Waals surface area (Å²) in [5, 5.41) is 5.67. The number of alkyl halides is 3. The van der Waals surface area contributed by atoms with Gasteiger partial charge >= 0.3 is 18.0 Å². The number of hydrogen-bond donors (Lipinski definition) is 2.